The van der Waals surface area contributed by atoms with Gasteiger partial charge < -0.3 is 20.4 Å². The lowest BCUT2D eigenvalue weighted by atomic mass is 9.32. The first-order valence-corrected chi connectivity index (χ1v) is 11.7. The topological polar surface area (TPSA) is 149 Å². The van der Waals surface area contributed by atoms with Crippen LogP contribution in [0.3, 0.4) is 0 Å². The molecule has 36 heavy (non-hydrogen) atoms. The molecule has 0 saturated heterocycles. The minimum atomic E-state index is -2.49. The summed E-state index contributed by atoms with van der Waals surface area (Å²) >= 11 is 0. The van der Waals surface area contributed by atoms with E-state index in [1.807, 2.05) is 0 Å². The van der Waals surface area contributed by atoms with E-state index in [2.05, 4.69) is 0 Å². The van der Waals surface area contributed by atoms with Gasteiger partial charge >= 0.3 is 0 Å². The highest BCUT2D eigenvalue weighted by molar-refractivity contribution is 6.33. The summed E-state index contributed by atoms with van der Waals surface area (Å²) in [4.78, 5) is 55.7. The molecule has 2 bridgehead atoms. The predicted octanol–water partition coefficient (Wildman–Crippen LogP) is 2.94. The summed E-state index contributed by atoms with van der Waals surface area (Å²) in [5.41, 5.74) is -10.4. The molecule has 5 unspecified atom stereocenters. The van der Waals surface area contributed by atoms with E-state index in [1.165, 1.54) is 38.2 Å². The van der Waals surface area contributed by atoms with Crippen molar-refractivity contribution in [2.75, 3.05) is 0 Å². The highest BCUT2D eigenvalue weighted by Gasteiger charge is 2.85. The number of carbonyl (C=O) groups excluding carboxylic acids is 4. The molecule has 0 spiro atoms. The van der Waals surface area contributed by atoms with Crippen LogP contribution in [0.1, 0.15) is 41.5 Å². The zero-order valence-corrected chi connectivity index (χ0v) is 21.2. The highest BCUT2D eigenvalue weighted by atomic mass is 16.3. The average molecular weight is 497 g/mol. The van der Waals surface area contributed by atoms with E-state index in [9.17, 15) is 39.6 Å². The van der Waals surface area contributed by atoms with Crippen LogP contribution < -0.4 is 0 Å². The Bertz CT molecular complexity index is 1240. The van der Waals surface area contributed by atoms with Gasteiger partial charge in [-0.3, -0.25) is 19.2 Å². The largest absolute Gasteiger partial charge is 0.509 e. The van der Waals surface area contributed by atoms with Crippen molar-refractivity contribution in [1.29, 1.82) is 0 Å². The van der Waals surface area contributed by atoms with Crippen LogP contribution in [-0.4, -0.2) is 54.8 Å². The third-order valence-electron chi connectivity index (χ3n) is 8.03. The molecule has 0 aromatic carbocycles. The van der Waals surface area contributed by atoms with E-state index < -0.39 is 74.1 Å². The Kier molecular flexibility index (Phi) is 6.53. The van der Waals surface area contributed by atoms with Gasteiger partial charge in [-0.05, 0) is 53.7 Å². The van der Waals surface area contributed by atoms with E-state index in [0.717, 1.165) is 19.9 Å². The second-order valence-electron chi connectivity index (χ2n) is 10.1. The molecule has 0 amide bonds. The van der Waals surface area contributed by atoms with E-state index in [1.54, 1.807) is 32.1 Å². The Labute approximate surface area is 209 Å². The molecule has 3 saturated carbocycles. The summed E-state index contributed by atoms with van der Waals surface area (Å²) in [7, 11) is 0. The Morgan fingerprint density at radius 2 is 1.39 bits per heavy atom. The predicted molar refractivity (Wildman–Crippen MR) is 132 cm³/mol. The van der Waals surface area contributed by atoms with Crippen LogP contribution in [0, 0.1) is 22.7 Å². The number of Topliss-reactive ketones (excluding diaryl/α,β-unsaturated/α-hetero) is 3. The maximum atomic E-state index is 14.0. The Morgan fingerprint density at radius 3 is 1.92 bits per heavy atom. The van der Waals surface area contributed by atoms with Crippen LogP contribution in [0.2, 0.25) is 0 Å². The third kappa shape index (κ3) is 3.07. The molecule has 0 aromatic heterocycles. The molecule has 4 N–H and O–H groups in total. The highest BCUT2D eigenvalue weighted by Crippen LogP contribution is 2.70. The van der Waals surface area contributed by atoms with E-state index >= 15 is 0 Å². The van der Waals surface area contributed by atoms with Crippen molar-refractivity contribution in [2.45, 2.75) is 52.7 Å². The molecule has 8 heteroatoms. The van der Waals surface area contributed by atoms with Gasteiger partial charge in [0.15, 0.2) is 23.1 Å². The van der Waals surface area contributed by atoms with Crippen LogP contribution in [0.4, 0.5) is 0 Å². The van der Waals surface area contributed by atoms with Crippen LogP contribution in [-0.2, 0) is 19.2 Å². The molecule has 6 atom stereocenters. The summed E-state index contributed by atoms with van der Waals surface area (Å²) in [6, 6.07) is 0. The monoisotopic (exact) mass is 496 g/mol. The lowest BCUT2D eigenvalue weighted by molar-refractivity contribution is -0.222. The summed E-state index contributed by atoms with van der Waals surface area (Å²) in [6.07, 6.45) is 11.4. The molecule has 192 valence electrons. The molecular weight excluding hydrogens is 464 g/mol. The summed E-state index contributed by atoms with van der Waals surface area (Å²) < 4.78 is 0. The minimum Gasteiger partial charge on any atom is -0.509 e. The molecule has 0 heterocycles. The van der Waals surface area contributed by atoms with Gasteiger partial charge in [-0.1, -0.05) is 36.5 Å². The maximum absolute atomic E-state index is 14.0. The Hall–Kier alpha value is -3.36. The number of rotatable bonds is 5. The van der Waals surface area contributed by atoms with Crippen LogP contribution >= 0.6 is 0 Å². The zero-order valence-electron chi connectivity index (χ0n) is 21.2. The van der Waals surface area contributed by atoms with Gasteiger partial charge in [0.05, 0.1) is 0 Å². The van der Waals surface area contributed by atoms with Crippen LogP contribution in [0.5, 0.6) is 0 Å². The summed E-state index contributed by atoms with van der Waals surface area (Å²) in [5.74, 6) is -8.63. The zero-order chi connectivity index (χ0) is 27.4. The van der Waals surface area contributed by atoms with Crippen molar-refractivity contribution >= 4 is 23.1 Å². The number of carbonyl (C=O) groups is 4. The third-order valence-corrected chi connectivity index (χ3v) is 8.03. The molecular formula is C28H32O8. The van der Waals surface area contributed by atoms with Gasteiger partial charge in [-0.25, -0.2) is 0 Å². The molecule has 0 aliphatic heterocycles. The number of hydrogen-bond donors (Lipinski definition) is 4. The molecule has 8 nitrogen and oxygen atoms in total. The summed E-state index contributed by atoms with van der Waals surface area (Å²) in [6.45, 7) is 8.03. The normalized spacial score (nSPS) is 40.4. The fourth-order valence-corrected chi connectivity index (χ4v) is 6.42. The Morgan fingerprint density at radius 1 is 0.861 bits per heavy atom. The van der Waals surface area contributed by atoms with Gasteiger partial charge in [0.1, 0.15) is 33.6 Å². The van der Waals surface area contributed by atoms with Crippen molar-refractivity contribution in [1.82, 2.24) is 0 Å². The van der Waals surface area contributed by atoms with Crippen molar-refractivity contribution < 1.29 is 39.6 Å². The standard InChI is InChI=1S/C28H32O8/c1-7-9-11-13-16(29)18-19-20-27(6,36)21(31)15(3)22(32)28(20,17(30)14-12-10-8-2)25(4,23(18)33)24(34)26(19,5)35/h7-14,19-20,29,31,35-36H,1-6H3/b9-7+,10-8+,13-11+,14-12+,18-16-/t19?,20?,25?,26?,27-,28?/m0/s1. The number of fused-ring (bicyclic) bond motifs is 2. The van der Waals surface area contributed by atoms with Gasteiger partial charge in [-0.2, -0.15) is 0 Å². The number of aliphatic hydroxyl groups excluding tert-OH is 2. The summed E-state index contributed by atoms with van der Waals surface area (Å²) in [5, 5.41) is 44.9. The SMILES string of the molecule is C/C=C/C=C/C(=O)C12C(=O)C(C)=C(O)[C@@](C)(O)C1C1\C(=C(O)/C=C/C=C/C)C(=O)C2(C)C(=O)C1(C)O. The van der Waals surface area contributed by atoms with Gasteiger partial charge in [0, 0.05) is 23.0 Å². The van der Waals surface area contributed by atoms with E-state index in [-0.39, 0.29) is 5.57 Å². The molecule has 3 fully saturated rings. The first kappa shape index (κ1) is 27.2. The molecule has 4 aliphatic rings. The fourth-order valence-electron chi connectivity index (χ4n) is 6.42. The maximum Gasteiger partial charge on any atom is 0.179 e. The number of aliphatic hydroxyl groups is 4. The first-order chi connectivity index (χ1) is 16.6. The minimum absolute atomic E-state index is 0.360. The van der Waals surface area contributed by atoms with Gasteiger partial charge in [0.25, 0.3) is 0 Å². The number of allylic oxidation sites excluding steroid dienone is 9. The fraction of sp³-hybridized carbons (Fsp3) is 0.429. The lowest BCUT2D eigenvalue weighted by Gasteiger charge is -2.66. The number of hydrogen-bond acceptors (Lipinski definition) is 8. The average Bonchev–Trinajstić information content (AvgIpc) is 2.81. The van der Waals surface area contributed by atoms with Crippen LogP contribution in [0.15, 0.2) is 71.3 Å². The van der Waals surface area contributed by atoms with Crippen molar-refractivity contribution in [3.05, 3.63) is 71.3 Å². The number of ketones is 4. The van der Waals surface area contributed by atoms with Gasteiger partial charge in [-0.15, -0.1) is 0 Å². The molecule has 0 aromatic rings. The molecule has 0 radical (unpaired) electrons. The van der Waals surface area contributed by atoms with E-state index in [4.69, 9.17) is 0 Å². The van der Waals surface area contributed by atoms with E-state index in [0.29, 0.717) is 0 Å². The second-order valence-corrected chi connectivity index (χ2v) is 10.1. The smallest absolute Gasteiger partial charge is 0.179 e. The van der Waals surface area contributed by atoms with Crippen molar-refractivity contribution in [3.63, 3.8) is 0 Å². The Balaban J connectivity index is 2.56. The lowest BCUT2D eigenvalue weighted by Crippen LogP contribution is -2.82. The van der Waals surface area contributed by atoms with Crippen molar-refractivity contribution in [2.24, 2.45) is 22.7 Å². The van der Waals surface area contributed by atoms with Gasteiger partial charge in [0.2, 0.25) is 0 Å². The molecule has 4 aliphatic carbocycles. The second kappa shape index (κ2) is 8.64. The van der Waals surface area contributed by atoms with Crippen molar-refractivity contribution in [3.8, 4) is 0 Å². The van der Waals surface area contributed by atoms with Crippen LogP contribution in [0.25, 0.3) is 0 Å². The first-order valence-electron chi connectivity index (χ1n) is 11.7. The quantitative estimate of drug-likeness (QED) is 0.196. The molecule has 4 rings (SSSR count).